The van der Waals surface area contributed by atoms with Crippen molar-refractivity contribution in [1.82, 2.24) is 15.1 Å². The molecule has 0 amide bonds. The average molecular weight is 448 g/mol. The fourth-order valence-electron chi connectivity index (χ4n) is 3.24. The number of aromatic amines is 1. The van der Waals surface area contributed by atoms with Gasteiger partial charge in [-0.25, -0.2) is 9.59 Å². The Morgan fingerprint density at radius 2 is 1.70 bits per heavy atom. The second-order valence-corrected chi connectivity index (χ2v) is 6.80. The van der Waals surface area contributed by atoms with Gasteiger partial charge in [-0.05, 0) is 23.8 Å². The first-order valence-electron chi connectivity index (χ1n) is 9.48. The normalized spacial score (nSPS) is 10.7. The lowest BCUT2D eigenvalue weighted by molar-refractivity contribution is 0.0695. The Morgan fingerprint density at radius 3 is 2.39 bits per heavy atom. The summed E-state index contributed by atoms with van der Waals surface area (Å²) >= 11 is 0. The lowest BCUT2D eigenvalue weighted by Gasteiger charge is -2.12. The molecule has 11 nitrogen and oxygen atoms in total. The summed E-state index contributed by atoms with van der Waals surface area (Å²) in [5, 5.41) is 23.0. The number of H-pyrrole nitrogens is 1. The van der Waals surface area contributed by atoms with Crippen LogP contribution in [0.25, 0.3) is 22.5 Å². The predicted molar refractivity (Wildman–Crippen MR) is 115 cm³/mol. The number of nitrogen functional groups attached to an aromatic ring is 1. The van der Waals surface area contributed by atoms with Crippen molar-refractivity contribution in [3.05, 3.63) is 82.0 Å². The Hall–Kier alpha value is -4.93. The van der Waals surface area contributed by atoms with E-state index in [1.807, 2.05) is 18.2 Å². The van der Waals surface area contributed by atoms with Gasteiger partial charge in [0.1, 0.15) is 22.7 Å². The number of carbonyl (C=O) groups is 2. The number of aromatic nitrogens is 3. The van der Waals surface area contributed by atoms with Gasteiger partial charge in [-0.3, -0.25) is 4.79 Å². The molecule has 0 atom stereocenters. The summed E-state index contributed by atoms with van der Waals surface area (Å²) in [6, 6.07) is 15.1. The van der Waals surface area contributed by atoms with E-state index in [0.717, 1.165) is 0 Å². The van der Waals surface area contributed by atoms with Gasteiger partial charge < -0.3 is 30.2 Å². The van der Waals surface area contributed by atoms with Crippen molar-refractivity contribution in [2.75, 3.05) is 5.73 Å². The zero-order valence-electron chi connectivity index (χ0n) is 16.8. The molecule has 0 spiro atoms. The van der Waals surface area contributed by atoms with Crippen LogP contribution in [0.4, 0.5) is 5.82 Å². The molecule has 2 aromatic heterocycles. The highest BCUT2D eigenvalue weighted by Crippen LogP contribution is 2.31. The molecule has 0 saturated heterocycles. The van der Waals surface area contributed by atoms with Crippen LogP contribution in [0.15, 0.2) is 63.9 Å². The summed E-state index contributed by atoms with van der Waals surface area (Å²) < 4.78 is 10.8. The molecule has 0 bridgehead atoms. The smallest absolute Gasteiger partial charge is 0.342 e. The number of nitrogens with zero attached hydrogens (tertiary/aromatic N) is 2. The molecular formula is C22H16N4O7. The van der Waals surface area contributed by atoms with E-state index >= 15 is 0 Å². The molecule has 11 heteroatoms. The van der Waals surface area contributed by atoms with Crippen LogP contribution >= 0.6 is 0 Å². The molecule has 0 aliphatic heterocycles. The SMILES string of the molecule is Nc1[nH]c(=O)c(C(=O)O)c(-c2cccc(-c3noc(COc4ccccc4)n3)c2)c1C(=O)O. The van der Waals surface area contributed by atoms with E-state index in [1.54, 1.807) is 18.2 Å². The molecule has 0 aliphatic rings. The van der Waals surface area contributed by atoms with Crippen molar-refractivity contribution in [2.24, 2.45) is 0 Å². The number of ether oxygens (including phenoxy) is 1. The maximum Gasteiger partial charge on any atom is 0.342 e. The van der Waals surface area contributed by atoms with E-state index in [0.29, 0.717) is 11.3 Å². The summed E-state index contributed by atoms with van der Waals surface area (Å²) in [6.07, 6.45) is 0. The second kappa shape index (κ2) is 8.67. The summed E-state index contributed by atoms with van der Waals surface area (Å²) in [6.45, 7) is 0.0215. The highest BCUT2D eigenvalue weighted by Gasteiger charge is 2.27. The molecule has 2 aromatic carbocycles. The van der Waals surface area contributed by atoms with Gasteiger partial charge in [0.2, 0.25) is 5.82 Å². The van der Waals surface area contributed by atoms with Crippen LogP contribution < -0.4 is 16.0 Å². The van der Waals surface area contributed by atoms with Crippen molar-refractivity contribution in [1.29, 1.82) is 0 Å². The van der Waals surface area contributed by atoms with Crippen LogP contribution in [0.2, 0.25) is 0 Å². The molecule has 0 unspecified atom stereocenters. The number of carboxylic acid groups (broad SMARTS) is 2. The third-order valence-corrected chi connectivity index (χ3v) is 4.66. The van der Waals surface area contributed by atoms with E-state index in [2.05, 4.69) is 15.1 Å². The van der Waals surface area contributed by atoms with Crippen LogP contribution in [0.1, 0.15) is 26.6 Å². The summed E-state index contributed by atoms with van der Waals surface area (Å²) in [4.78, 5) is 42.1. The Balaban J connectivity index is 1.73. The Kier molecular flexibility index (Phi) is 5.60. The molecule has 2 heterocycles. The Bertz CT molecular complexity index is 1410. The number of hydrogen-bond acceptors (Lipinski definition) is 8. The van der Waals surface area contributed by atoms with E-state index < -0.39 is 34.4 Å². The van der Waals surface area contributed by atoms with Crippen molar-refractivity contribution in [3.8, 4) is 28.3 Å². The molecule has 5 N–H and O–H groups in total. The number of aromatic carboxylic acids is 2. The van der Waals surface area contributed by atoms with Gasteiger partial charge in [-0.15, -0.1) is 0 Å². The largest absolute Gasteiger partial charge is 0.484 e. The third-order valence-electron chi connectivity index (χ3n) is 4.66. The molecule has 0 radical (unpaired) electrons. The summed E-state index contributed by atoms with van der Waals surface area (Å²) in [7, 11) is 0. The number of carboxylic acids is 2. The number of pyridine rings is 1. The Labute approximate surface area is 185 Å². The van der Waals surface area contributed by atoms with Gasteiger partial charge in [0.15, 0.2) is 6.61 Å². The molecule has 0 aliphatic carbocycles. The van der Waals surface area contributed by atoms with Gasteiger partial charge >= 0.3 is 11.9 Å². The molecule has 0 fully saturated rings. The highest BCUT2D eigenvalue weighted by atomic mass is 16.5. The first-order chi connectivity index (χ1) is 15.8. The molecule has 33 heavy (non-hydrogen) atoms. The lowest BCUT2D eigenvalue weighted by Crippen LogP contribution is -2.24. The van der Waals surface area contributed by atoms with Crippen molar-refractivity contribution < 1.29 is 29.1 Å². The quantitative estimate of drug-likeness (QED) is 0.328. The standard InChI is InChI=1S/C22H16N4O7/c23-18-16(21(28)29)15(17(22(30)31)20(27)25-18)11-5-4-6-12(9-11)19-24-14(33-26-19)10-32-13-7-2-1-3-8-13/h1-9H,10H2,(H,28,29)(H,30,31)(H3,23,25,27). The van der Waals surface area contributed by atoms with E-state index in [4.69, 9.17) is 15.0 Å². The first kappa shape index (κ1) is 21.3. The zero-order chi connectivity index (χ0) is 23.5. The van der Waals surface area contributed by atoms with Crippen LogP contribution in [0.3, 0.4) is 0 Å². The summed E-state index contributed by atoms with van der Waals surface area (Å²) in [5.41, 5.74) is 3.58. The van der Waals surface area contributed by atoms with Crippen molar-refractivity contribution >= 4 is 17.8 Å². The predicted octanol–water partition coefficient (Wildman–Crippen LogP) is 2.65. The van der Waals surface area contributed by atoms with E-state index in [1.165, 1.54) is 18.2 Å². The summed E-state index contributed by atoms with van der Waals surface area (Å²) in [5.74, 6) is -2.58. The van der Waals surface area contributed by atoms with Crippen molar-refractivity contribution in [2.45, 2.75) is 6.61 Å². The fraction of sp³-hybridized carbons (Fsp3) is 0.0455. The fourth-order valence-corrected chi connectivity index (χ4v) is 3.24. The van der Waals surface area contributed by atoms with Gasteiger partial charge in [-0.2, -0.15) is 4.98 Å². The number of rotatable bonds is 7. The van der Waals surface area contributed by atoms with Gasteiger partial charge in [0, 0.05) is 11.1 Å². The van der Waals surface area contributed by atoms with Gasteiger partial charge in [0.25, 0.3) is 11.4 Å². The van der Waals surface area contributed by atoms with Crippen molar-refractivity contribution in [3.63, 3.8) is 0 Å². The highest BCUT2D eigenvalue weighted by molar-refractivity contribution is 6.07. The van der Waals surface area contributed by atoms with Gasteiger partial charge in [-0.1, -0.05) is 41.6 Å². The monoisotopic (exact) mass is 448 g/mol. The van der Waals surface area contributed by atoms with E-state index in [9.17, 15) is 24.6 Å². The topological polar surface area (TPSA) is 182 Å². The molecule has 4 aromatic rings. The number of hydrogen-bond donors (Lipinski definition) is 4. The minimum atomic E-state index is -1.60. The lowest BCUT2D eigenvalue weighted by atomic mass is 9.94. The number of nitrogens with one attached hydrogen (secondary N) is 1. The first-order valence-corrected chi connectivity index (χ1v) is 9.48. The second-order valence-electron chi connectivity index (χ2n) is 6.80. The maximum atomic E-state index is 12.2. The zero-order valence-corrected chi connectivity index (χ0v) is 16.8. The number of benzene rings is 2. The van der Waals surface area contributed by atoms with E-state index in [-0.39, 0.29) is 29.4 Å². The Morgan fingerprint density at radius 1 is 1.00 bits per heavy atom. The van der Waals surface area contributed by atoms with Crippen LogP contribution in [0.5, 0.6) is 5.75 Å². The van der Waals surface area contributed by atoms with Gasteiger partial charge in [0.05, 0.1) is 0 Å². The maximum absolute atomic E-state index is 12.2. The molecule has 0 saturated carbocycles. The minimum absolute atomic E-state index is 0.0215. The average Bonchev–Trinajstić information content (AvgIpc) is 3.26. The third kappa shape index (κ3) is 4.28. The van der Waals surface area contributed by atoms with Crippen LogP contribution in [-0.2, 0) is 6.61 Å². The molecular weight excluding hydrogens is 432 g/mol. The van der Waals surface area contributed by atoms with Crippen LogP contribution in [-0.4, -0.2) is 37.3 Å². The van der Waals surface area contributed by atoms with Crippen LogP contribution in [0, 0.1) is 0 Å². The number of anilines is 1. The minimum Gasteiger partial charge on any atom is -0.484 e. The number of nitrogens with two attached hydrogens (primary N) is 1. The molecule has 166 valence electrons. The molecule has 4 rings (SSSR count). The number of para-hydroxylation sites is 1.